The first-order valence-electron chi connectivity index (χ1n) is 7.22. The minimum atomic E-state index is -0.142. The predicted molar refractivity (Wildman–Crippen MR) is 81.9 cm³/mol. The Bertz CT molecular complexity index is 483. The van der Waals surface area contributed by atoms with Crippen molar-refractivity contribution in [3.63, 3.8) is 0 Å². The van der Waals surface area contributed by atoms with E-state index >= 15 is 0 Å². The molecule has 0 saturated heterocycles. The largest absolute Gasteiger partial charge is 0.488 e. The maximum Gasteiger partial charge on any atom is 0.286 e. The van der Waals surface area contributed by atoms with Crippen LogP contribution in [0, 0.1) is 0 Å². The van der Waals surface area contributed by atoms with E-state index in [1.54, 1.807) is 7.11 Å². The molecule has 0 aliphatic carbocycles. The van der Waals surface area contributed by atoms with Crippen molar-refractivity contribution in [3.05, 3.63) is 41.7 Å². The Kier molecular flexibility index (Phi) is 6.09. The highest BCUT2D eigenvalue weighted by Gasteiger charge is 2.12. The lowest BCUT2D eigenvalue weighted by atomic mass is 10.2. The van der Waals surface area contributed by atoms with E-state index in [1.807, 2.05) is 30.3 Å². The van der Waals surface area contributed by atoms with Gasteiger partial charge in [-0.3, -0.25) is 4.79 Å². The van der Waals surface area contributed by atoms with Crippen LogP contribution in [0.5, 0.6) is 0 Å². The highest BCUT2D eigenvalue weighted by molar-refractivity contribution is 5.91. The van der Waals surface area contributed by atoms with Crippen molar-refractivity contribution in [2.75, 3.05) is 32.2 Å². The third-order valence-corrected chi connectivity index (χ3v) is 3.20. The first-order chi connectivity index (χ1) is 10.3. The van der Waals surface area contributed by atoms with Crippen molar-refractivity contribution in [2.45, 2.75) is 19.4 Å². The summed E-state index contributed by atoms with van der Waals surface area (Å²) in [5.74, 6) is 0.302. The molecule has 5 nitrogen and oxygen atoms in total. The fourth-order valence-electron chi connectivity index (χ4n) is 2.02. The quantitative estimate of drug-likeness (QED) is 0.755. The second-order valence-corrected chi connectivity index (χ2v) is 4.86. The van der Waals surface area contributed by atoms with Crippen LogP contribution in [0.4, 0.5) is 5.69 Å². The fourth-order valence-corrected chi connectivity index (χ4v) is 2.02. The summed E-state index contributed by atoms with van der Waals surface area (Å²) in [5, 5.41) is 6.12. The maximum absolute atomic E-state index is 11.9. The smallest absolute Gasteiger partial charge is 0.286 e. The zero-order chi connectivity index (χ0) is 14.9. The van der Waals surface area contributed by atoms with E-state index in [9.17, 15) is 4.79 Å². The Morgan fingerprint density at radius 1 is 1.33 bits per heavy atom. The number of rotatable bonds is 7. The summed E-state index contributed by atoms with van der Waals surface area (Å²) in [7, 11) is 1.68. The van der Waals surface area contributed by atoms with Gasteiger partial charge < -0.3 is 20.1 Å². The summed E-state index contributed by atoms with van der Waals surface area (Å²) in [4.78, 5) is 11.9. The second-order valence-electron chi connectivity index (χ2n) is 4.86. The van der Waals surface area contributed by atoms with Crippen molar-refractivity contribution < 1.29 is 14.3 Å². The van der Waals surface area contributed by atoms with Crippen LogP contribution >= 0.6 is 0 Å². The number of allylic oxidation sites excluding steroid dienone is 1. The Labute approximate surface area is 125 Å². The van der Waals surface area contributed by atoms with Gasteiger partial charge in [-0.2, -0.15) is 0 Å². The number of anilines is 1. The van der Waals surface area contributed by atoms with Crippen LogP contribution in [0.1, 0.15) is 18.4 Å². The molecule has 1 aliphatic heterocycles. The van der Waals surface area contributed by atoms with Crippen LogP contribution in [0.25, 0.3) is 0 Å². The van der Waals surface area contributed by atoms with Crippen LogP contribution in [0.2, 0.25) is 0 Å². The molecule has 2 rings (SSSR count). The van der Waals surface area contributed by atoms with E-state index in [0.29, 0.717) is 25.5 Å². The number of carbonyl (C=O) groups excluding carboxylic acids is 1. The van der Waals surface area contributed by atoms with E-state index in [4.69, 9.17) is 9.47 Å². The summed E-state index contributed by atoms with van der Waals surface area (Å²) in [5.41, 5.74) is 2.09. The molecule has 2 N–H and O–H groups in total. The molecule has 21 heavy (non-hydrogen) atoms. The number of hydrogen-bond acceptors (Lipinski definition) is 4. The summed E-state index contributed by atoms with van der Waals surface area (Å²) >= 11 is 0. The zero-order valence-corrected chi connectivity index (χ0v) is 12.4. The molecule has 1 aliphatic rings. The molecule has 0 spiro atoms. The lowest BCUT2D eigenvalue weighted by molar-refractivity contribution is -0.121. The Balaban J connectivity index is 1.77. The molecule has 114 valence electrons. The number of hydrogen-bond donors (Lipinski definition) is 2. The van der Waals surface area contributed by atoms with Crippen molar-refractivity contribution in [1.82, 2.24) is 5.32 Å². The van der Waals surface area contributed by atoms with Gasteiger partial charge in [-0.1, -0.05) is 12.1 Å². The molecule has 0 saturated carbocycles. The molecule has 0 bridgehead atoms. The predicted octanol–water partition coefficient (Wildman–Crippen LogP) is 2.06. The highest BCUT2D eigenvalue weighted by atomic mass is 16.5. The second kappa shape index (κ2) is 8.32. The van der Waals surface area contributed by atoms with Crippen LogP contribution in [-0.4, -0.2) is 32.8 Å². The van der Waals surface area contributed by atoms with Gasteiger partial charge in [0.1, 0.15) is 0 Å². The van der Waals surface area contributed by atoms with Gasteiger partial charge in [0, 0.05) is 25.9 Å². The molecule has 1 aromatic rings. The minimum Gasteiger partial charge on any atom is -0.488 e. The van der Waals surface area contributed by atoms with Gasteiger partial charge in [0.2, 0.25) is 0 Å². The first-order valence-corrected chi connectivity index (χ1v) is 7.22. The number of methoxy groups -OCH3 is 1. The third kappa shape index (κ3) is 5.11. The first kappa shape index (κ1) is 15.4. The summed E-state index contributed by atoms with van der Waals surface area (Å²) in [6.45, 7) is 2.57. The summed E-state index contributed by atoms with van der Waals surface area (Å²) < 4.78 is 10.3. The van der Waals surface area contributed by atoms with E-state index < -0.39 is 0 Å². The van der Waals surface area contributed by atoms with Crippen LogP contribution in [0.15, 0.2) is 36.1 Å². The monoisotopic (exact) mass is 290 g/mol. The molecule has 0 atom stereocenters. The average molecular weight is 290 g/mol. The molecule has 0 fully saturated rings. The number of nitrogens with one attached hydrogen (secondary N) is 2. The van der Waals surface area contributed by atoms with Crippen molar-refractivity contribution in [2.24, 2.45) is 0 Å². The molecule has 1 heterocycles. The SMILES string of the molecule is COCCNc1ccc(CNC(=O)C2=CCCCO2)cc1. The number of amides is 1. The molecular weight excluding hydrogens is 268 g/mol. The fraction of sp³-hybridized carbons (Fsp3) is 0.438. The molecule has 0 radical (unpaired) electrons. The number of carbonyl (C=O) groups is 1. The Hall–Kier alpha value is -2.01. The standard InChI is InChI=1S/C16H22N2O3/c1-20-11-9-17-14-7-5-13(6-8-14)12-18-16(19)15-4-2-3-10-21-15/h4-8,17H,2-3,9-12H2,1H3,(H,18,19). The van der Waals surface area contributed by atoms with Gasteiger partial charge in [-0.25, -0.2) is 0 Å². The normalized spacial score (nSPS) is 14.0. The molecular formula is C16H22N2O3. The van der Waals surface area contributed by atoms with Gasteiger partial charge >= 0.3 is 0 Å². The Morgan fingerprint density at radius 3 is 2.81 bits per heavy atom. The summed E-state index contributed by atoms with van der Waals surface area (Å²) in [6, 6.07) is 7.97. The lowest BCUT2D eigenvalue weighted by Gasteiger charge is -2.14. The third-order valence-electron chi connectivity index (χ3n) is 3.20. The van der Waals surface area contributed by atoms with Crippen LogP contribution in [0.3, 0.4) is 0 Å². The van der Waals surface area contributed by atoms with Crippen molar-refractivity contribution in [3.8, 4) is 0 Å². The van der Waals surface area contributed by atoms with E-state index in [2.05, 4.69) is 10.6 Å². The van der Waals surface area contributed by atoms with E-state index in [0.717, 1.165) is 30.6 Å². The van der Waals surface area contributed by atoms with Gasteiger partial charge in [0.25, 0.3) is 5.91 Å². The van der Waals surface area contributed by atoms with Gasteiger partial charge in [-0.15, -0.1) is 0 Å². The van der Waals surface area contributed by atoms with Crippen LogP contribution < -0.4 is 10.6 Å². The van der Waals surface area contributed by atoms with Gasteiger partial charge in [0.05, 0.1) is 13.2 Å². The van der Waals surface area contributed by atoms with Crippen molar-refractivity contribution in [1.29, 1.82) is 0 Å². The lowest BCUT2D eigenvalue weighted by Crippen LogP contribution is -2.26. The minimum absolute atomic E-state index is 0.142. The topological polar surface area (TPSA) is 59.6 Å². The number of benzene rings is 1. The average Bonchev–Trinajstić information content (AvgIpc) is 2.55. The highest BCUT2D eigenvalue weighted by Crippen LogP contribution is 2.11. The number of ether oxygens (including phenoxy) is 2. The van der Waals surface area contributed by atoms with E-state index in [1.165, 1.54) is 0 Å². The molecule has 1 amide bonds. The Morgan fingerprint density at radius 2 is 2.14 bits per heavy atom. The van der Waals surface area contributed by atoms with Crippen molar-refractivity contribution >= 4 is 11.6 Å². The summed E-state index contributed by atoms with van der Waals surface area (Å²) in [6.07, 6.45) is 3.74. The zero-order valence-electron chi connectivity index (χ0n) is 12.4. The van der Waals surface area contributed by atoms with E-state index in [-0.39, 0.29) is 5.91 Å². The molecule has 0 unspecified atom stereocenters. The molecule has 1 aromatic carbocycles. The van der Waals surface area contributed by atoms with Gasteiger partial charge in [0.15, 0.2) is 5.76 Å². The van der Waals surface area contributed by atoms with Gasteiger partial charge in [-0.05, 0) is 36.6 Å². The molecule has 0 aromatic heterocycles. The van der Waals surface area contributed by atoms with Crippen LogP contribution in [-0.2, 0) is 20.8 Å². The molecule has 5 heteroatoms. The maximum atomic E-state index is 11.9.